The topological polar surface area (TPSA) is 260 Å². The molecule has 0 saturated carbocycles. The number of H-pyrrole nitrogens is 1. The Morgan fingerprint density at radius 3 is 2.44 bits per heavy atom. The quantitative estimate of drug-likeness (QED) is 0.107. The van der Waals surface area contributed by atoms with Crippen molar-refractivity contribution in [1.82, 2.24) is 48.6 Å². The van der Waals surface area contributed by atoms with Crippen LogP contribution in [0.3, 0.4) is 0 Å². The summed E-state index contributed by atoms with van der Waals surface area (Å²) in [5, 5.41) is 21.2. The van der Waals surface area contributed by atoms with E-state index in [2.05, 4.69) is 34.8 Å². The van der Waals surface area contributed by atoms with Gasteiger partial charge in [0.25, 0.3) is 5.56 Å². The fourth-order valence-electron chi connectivity index (χ4n) is 5.91. The number of likely N-dealkylation sites (N-methyl/N-ethyl adjacent to an activating group) is 2. The largest absolute Gasteiger partial charge is 0.408 e. The number of imidazole rings is 2. The lowest BCUT2D eigenvalue weighted by molar-refractivity contribution is -0.0534. The van der Waals surface area contributed by atoms with Gasteiger partial charge in [-0.3, -0.25) is 28.0 Å². The van der Waals surface area contributed by atoms with Crippen LogP contribution in [0.15, 0.2) is 23.8 Å². The Morgan fingerprint density at radius 2 is 1.71 bits per heavy atom. The van der Waals surface area contributed by atoms with E-state index in [1.54, 1.807) is 11.6 Å². The molecule has 48 heavy (non-hydrogen) atoms. The van der Waals surface area contributed by atoms with E-state index >= 15 is 0 Å². The van der Waals surface area contributed by atoms with Crippen molar-refractivity contribution in [2.75, 3.05) is 57.9 Å². The molecule has 7 atom stereocenters. The maximum absolute atomic E-state index is 14.6. The van der Waals surface area contributed by atoms with Gasteiger partial charge in [0.1, 0.15) is 42.6 Å². The van der Waals surface area contributed by atoms with E-state index in [0.717, 1.165) is 13.1 Å². The molecule has 2 fully saturated rings. The Labute approximate surface area is 274 Å². The molecule has 21 heteroatoms. The van der Waals surface area contributed by atoms with E-state index in [1.165, 1.54) is 28.2 Å². The van der Waals surface area contributed by atoms with Crippen LogP contribution in [0.25, 0.3) is 22.3 Å². The second-order valence-electron chi connectivity index (χ2n) is 11.7. The zero-order valence-corrected chi connectivity index (χ0v) is 27.7. The van der Waals surface area contributed by atoms with E-state index in [1.807, 2.05) is 13.8 Å². The Hall–Kier alpha value is -3.59. The molecular weight excluding hydrogens is 651 g/mol. The number of ether oxygens (including phenoxy) is 2. The minimum absolute atomic E-state index is 0.0739. The van der Waals surface area contributed by atoms with Gasteiger partial charge in [0.05, 0.1) is 32.0 Å². The average Bonchev–Trinajstić information content (AvgIpc) is 3.85. The van der Waals surface area contributed by atoms with Gasteiger partial charge in [-0.05, 0) is 20.1 Å². The molecule has 4 aromatic rings. The fourth-order valence-corrected chi connectivity index (χ4v) is 7.57. The molecule has 6 heterocycles. The number of rotatable bonds is 14. The van der Waals surface area contributed by atoms with Crippen molar-refractivity contribution in [1.29, 1.82) is 0 Å². The van der Waals surface area contributed by atoms with Gasteiger partial charge < -0.3 is 36.1 Å². The number of nitrogen functional groups attached to an aromatic ring is 2. The normalized spacial score (nSPS) is 26.0. The van der Waals surface area contributed by atoms with Crippen LogP contribution >= 0.6 is 7.75 Å². The summed E-state index contributed by atoms with van der Waals surface area (Å²) in [5.74, 6) is 0.126. The monoisotopic (exact) mass is 692 g/mol. The number of aliphatic hydroxyl groups is 2. The Morgan fingerprint density at radius 1 is 1.02 bits per heavy atom. The van der Waals surface area contributed by atoms with Crippen molar-refractivity contribution in [3.8, 4) is 0 Å². The molecule has 6 rings (SSSR count). The number of nitrogens with zero attached hydrogens (tertiary/aromatic N) is 9. The third-order valence-electron chi connectivity index (χ3n) is 8.75. The van der Waals surface area contributed by atoms with Gasteiger partial charge in [-0.2, -0.15) is 4.98 Å². The molecule has 0 radical (unpaired) electrons. The zero-order chi connectivity index (χ0) is 34.2. The number of hydrogen-bond donors (Lipinski definition) is 5. The summed E-state index contributed by atoms with van der Waals surface area (Å²) >= 11 is 0. The number of nitrogens with two attached hydrogens (primary N) is 2. The molecule has 7 N–H and O–H groups in total. The first-order chi connectivity index (χ1) is 23.0. The fraction of sp³-hybridized carbons (Fsp3) is 0.630. The SMILES string of the molecule is CCN(CC)CCN(C)P(=O)(OC[C@H]1O[C@@H](n2cnc3c(=O)[nH]c(N)nc32)CC1O)OC1C[C@H](n2cnc3c(N)ncnc32)O[C@@H]1CO. The van der Waals surface area contributed by atoms with Crippen LogP contribution in [0, 0.1) is 0 Å². The molecule has 2 aliphatic rings. The van der Waals surface area contributed by atoms with Crippen LogP contribution in [0.4, 0.5) is 11.8 Å². The summed E-state index contributed by atoms with van der Waals surface area (Å²) in [4.78, 5) is 37.6. The first-order valence-corrected chi connectivity index (χ1v) is 17.2. The van der Waals surface area contributed by atoms with Crippen molar-refractivity contribution in [2.24, 2.45) is 0 Å². The molecule has 0 bridgehead atoms. The number of aromatic nitrogens is 8. The second-order valence-corrected chi connectivity index (χ2v) is 13.7. The van der Waals surface area contributed by atoms with E-state index in [0.29, 0.717) is 24.3 Å². The maximum atomic E-state index is 14.6. The number of aliphatic hydroxyl groups excluding tert-OH is 2. The Balaban J connectivity index is 1.20. The maximum Gasteiger partial charge on any atom is 0.408 e. The van der Waals surface area contributed by atoms with Crippen LogP contribution in [-0.2, 0) is 23.1 Å². The average molecular weight is 693 g/mol. The standard InChI is InChI=1S/C27H41N12O8P/c1-4-37(5-2)7-6-36(3)48(43,47-16-9-20(45-17(16)10-40)38-13-32-21-23(28)30-12-31-24(21)38)44-11-18-15(41)8-19(46-18)39-14-33-22-25(39)34-27(29)35-26(22)42/h12-20,40-41H,4-11H2,1-3H3,(H2,28,30,31)(H3,29,34,35,42)/t15?,16?,17-,18-,19-,20-,48?/m1/s1. The molecule has 0 spiro atoms. The smallest absolute Gasteiger partial charge is 0.394 e. The van der Waals surface area contributed by atoms with Crippen LogP contribution in [0.2, 0.25) is 0 Å². The molecule has 4 aromatic heterocycles. The van der Waals surface area contributed by atoms with Gasteiger partial charge in [0.2, 0.25) is 5.95 Å². The van der Waals surface area contributed by atoms with Gasteiger partial charge in [0.15, 0.2) is 22.6 Å². The minimum atomic E-state index is -4.10. The van der Waals surface area contributed by atoms with Gasteiger partial charge in [-0.1, -0.05) is 13.8 Å². The number of anilines is 2. The van der Waals surface area contributed by atoms with Gasteiger partial charge in [-0.25, -0.2) is 29.2 Å². The highest BCUT2D eigenvalue weighted by atomic mass is 31.2. The molecule has 262 valence electrons. The highest BCUT2D eigenvalue weighted by Crippen LogP contribution is 2.55. The minimum Gasteiger partial charge on any atom is -0.394 e. The van der Waals surface area contributed by atoms with Crippen molar-refractivity contribution >= 4 is 41.8 Å². The third-order valence-corrected chi connectivity index (χ3v) is 10.8. The predicted octanol–water partition coefficient (Wildman–Crippen LogP) is -0.164. The van der Waals surface area contributed by atoms with Gasteiger partial charge in [-0.15, -0.1) is 0 Å². The molecule has 0 aromatic carbocycles. The summed E-state index contributed by atoms with van der Waals surface area (Å²) in [6.45, 7) is 5.88. The highest BCUT2D eigenvalue weighted by Gasteiger charge is 2.45. The van der Waals surface area contributed by atoms with Crippen molar-refractivity contribution in [3.63, 3.8) is 0 Å². The van der Waals surface area contributed by atoms with Gasteiger partial charge in [0, 0.05) is 25.9 Å². The summed E-state index contributed by atoms with van der Waals surface area (Å²) in [6, 6.07) is 0. The van der Waals surface area contributed by atoms with E-state index < -0.39 is 56.8 Å². The number of aromatic amines is 1. The van der Waals surface area contributed by atoms with Crippen LogP contribution in [0.1, 0.15) is 39.1 Å². The van der Waals surface area contributed by atoms with Crippen LogP contribution in [0.5, 0.6) is 0 Å². The Kier molecular flexibility index (Phi) is 10.1. The molecule has 20 nitrogen and oxygen atoms in total. The molecule has 0 aliphatic carbocycles. The molecule has 0 amide bonds. The van der Waals surface area contributed by atoms with Crippen LogP contribution in [-0.4, -0.2) is 130 Å². The summed E-state index contributed by atoms with van der Waals surface area (Å²) in [5.41, 5.74) is 12.3. The molecule has 2 aliphatic heterocycles. The summed E-state index contributed by atoms with van der Waals surface area (Å²) in [6.07, 6.45) is -0.527. The lowest BCUT2D eigenvalue weighted by Gasteiger charge is -2.32. The first kappa shape index (κ1) is 34.3. The molecular formula is C27H41N12O8P. The number of nitrogens with one attached hydrogen (secondary N) is 1. The lowest BCUT2D eigenvalue weighted by Crippen LogP contribution is -2.36. The Bertz CT molecular complexity index is 1830. The molecule has 2 saturated heterocycles. The lowest BCUT2D eigenvalue weighted by atomic mass is 10.2. The van der Waals surface area contributed by atoms with Crippen LogP contribution < -0.4 is 17.0 Å². The summed E-state index contributed by atoms with van der Waals surface area (Å²) < 4.78 is 43.8. The highest BCUT2D eigenvalue weighted by molar-refractivity contribution is 7.51. The molecule has 3 unspecified atom stereocenters. The van der Waals surface area contributed by atoms with Crippen molar-refractivity contribution < 1.29 is 33.3 Å². The third kappa shape index (κ3) is 6.67. The second kappa shape index (κ2) is 14.1. The van der Waals surface area contributed by atoms with E-state index in [-0.39, 0.29) is 42.4 Å². The number of hydrogen-bond acceptors (Lipinski definition) is 16. The van der Waals surface area contributed by atoms with Crippen molar-refractivity contribution in [2.45, 2.75) is 63.6 Å². The van der Waals surface area contributed by atoms with Crippen molar-refractivity contribution in [3.05, 3.63) is 29.3 Å². The predicted molar refractivity (Wildman–Crippen MR) is 171 cm³/mol. The van der Waals surface area contributed by atoms with Gasteiger partial charge >= 0.3 is 7.75 Å². The first-order valence-electron chi connectivity index (χ1n) is 15.7. The van der Waals surface area contributed by atoms with E-state index in [4.69, 9.17) is 30.0 Å². The van der Waals surface area contributed by atoms with E-state index in [9.17, 15) is 19.6 Å². The zero-order valence-electron chi connectivity index (χ0n) is 26.8. The summed E-state index contributed by atoms with van der Waals surface area (Å²) in [7, 11) is -2.46. The number of fused-ring (bicyclic) bond motifs is 2.